The Kier molecular flexibility index (Phi) is 9.65. The molecule has 1 saturated heterocycles. The minimum Gasteiger partial charge on any atom is -0.460 e. The number of amides is 1. The van der Waals surface area contributed by atoms with E-state index in [9.17, 15) is 24.3 Å². The van der Waals surface area contributed by atoms with Crippen molar-refractivity contribution in [2.24, 2.45) is 0 Å². The second-order valence-corrected chi connectivity index (χ2v) is 9.16. The first-order valence-corrected chi connectivity index (χ1v) is 11.3. The highest BCUT2D eigenvalue weighted by Gasteiger charge is 2.51. The zero-order valence-electron chi connectivity index (χ0n) is 21.4. The molecule has 0 spiro atoms. The largest absolute Gasteiger partial charge is 0.460 e. The molecule has 0 saturated carbocycles. The molecule has 0 unspecified atom stereocenters. The predicted molar refractivity (Wildman–Crippen MR) is 124 cm³/mol. The molecule has 1 aliphatic heterocycles. The summed E-state index contributed by atoms with van der Waals surface area (Å²) in [6.07, 6.45) is -6.41. The summed E-state index contributed by atoms with van der Waals surface area (Å²) in [5, 5.41) is 12.5. The summed E-state index contributed by atoms with van der Waals surface area (Å²) < 4.78 is 33.0. The summed E-state index contributed by atoms with van der Waals surface area (Å²) >= 11 is 0. The van der Waals surface area contributed by atoms with Crippen molar-refractivity contribution in [3.8, 4) is 5.75 Å². The zero-order valence-corrected chi connectivity index (χ0v) is 21.4. The van der Waals surface area contributed by atoms with Gasteiger partial charge in [0.15, 0.2) is 12.2 Å². The van der Waals surface area contributed by atoms with Crippen LogP contribution in [0.5, 0.6) is 5.75 Å². The minimum absolute atomic E-state index is 0.147. The molecule has 0 aromatic heterocycles. The SMILES string of the molecule is CC(=O)O[C@H]1[C@H](OC(C)=O)[C@H](Oc2ccc(NC(=O)OC(C)(C)C)cc2CO)O[C@@H](C)[C@@H]1OC(C)=O. The van der Waals surface area contributed by atoms with Crippen LogP contribution in [0.1, 0.15) is 54.0 Å². The van der Waals surface area contributed by atoms with E-state index >= 15 is 0 Å². The zero-order chi connectivity index (χ0) is 27.2. The van der Waals surface area contributed by atoms with Crippen LogP contribution < -0.4 is 10.1 Å². The number of anilines is 1. The van der Waals surface area contributed by atoms with Crippen LogP contribution in [0.25, 0.3) is 0 Å². The number of carbonyl (C=O) groups excluding carboxylic acids is 4. The number of carbonyl (C=O) groups is 4. The number of benzene rings is 1. The van der Waals surface area contributed by atoms with Gasteiger partial charge in [-0.3, -0.25) is 19.7 Å². The highest BCUT2D eigenvalue weighted by molar-refractivity contribution is 5.85. The molecular weight excluding hydrogens is 478 g/mol. The van der Waals surface area contributed by atoms with Gasteiger partial charge < -0.3 is 33.5 Å². The van der Waals surface area contributed by atoms with Crippen molar-refractivity contribution in [2.45, 2.75) is 91.4 Å². The Morgan fingerprint density at radius 1 is 0.944 bits per heavy atom. The summed E-state index contributed by atoms with van der Waals surface area (Å²) in [7, 11) is 0. The van der Waals surface area contributed by atoms with Gasteiger partial charge in [0.2, 0.25) is 12.4 Å². The molecule has 5 atom stereocenters. The van der Waals surface area contributed by atoms with Gasteiger partial charge in [-0.1, -0.05) is 0 Å². The van der Waals surface area contributed by atoms with E-state index in [4.69, 9.17) is 28.4 Å². The number of aliphatic hydroxyl groups excluding tert-OH is 1. The first-order valence-electron chi connectivity index (χ1n) is 11.3. The third-order valence-electron chi connectivity index (χ3n) is 4.75. The molecule has 0 radical (unpaired) electrons. The standard InChI is InChI=1S/C24H33NO11/c1-12-19(32-13(2)27)20(33-14(3)28)21(34-15(4)29)22(31-12)35-18-9-8-17(10-16(18)11-26)25-23(30)36-24(5,6)7/h8-10,12,19-22,26H,11H2,1-7H3,(H,25,30)/t12-,19-,20+,21-,22-/m0/s1. The van der Waals surface area contributed by atoms with Crippen LogP contribution in [0, 0.1) is 0 Å². The Labute approximate surface area is 209 Å². The Morgan fingerprint density at radius 3 is 2.03 bits per heavy atom. The van der Waals surface area contributed by atoms with Gasteiger partial charge >= 0.3 is 24.0 Å². The minimum atomic E-state index is -1.31. The van der Waals surface area contributed by atoms with Crippen molar-refractivity contribution in [1.82, 2.24) is 0 Å². The number of esters is 3. The molecule has 12 nitrogen and oxygen atoms in total. The highest BCUT2D eigenvalue weighted by atomic mass is 16.7. The fourth-order valence-corrected chi connectivity index (χ4v) is 3.51. The van der Waals surface area contributed by atoms with Gasteiger partial charge in [0.1, 0.15) is 11.4 Å². The van der Waals surface area contributed by atoms with Crippen LogP contribution in [0.2, 0.25) is 0 Å². The number of rotatable bonds is 7. The fourth-order valence-electron chi connectivity index (χ4n) is 3.51. The lowest BCUT2D eigenvalue weighted by molar-refractivity contribution is -0.280. The van der Waals surface area contributed by atoms with Gasteiger partial charge in [-0.25, -0.2) is 4.79 Å². The van der Waals surface area contributed by atoms with Crippen LogP contribution >= 0.6 is 0 Å². The Balaban J connectivity index is 2.34. The van der Waals surface area contributed by atoms with Gasteiger partial charge in [-0.15, -0.1) is 0 Å². The number of hydrogen-bond acceptors (Lipinski definition) is 11. The Hall–Kier alpha value is -3.38. The van der Waals surface area contributed by atoms with E-state index in [0.29, 0.717) is 5.69 Å². The summed E-state index contributed by atoms with van der Waals surface area (Å²) in [6, 6.07) is 4.45. The molecule has 1 heterocycles. The van der Waals surface area contributed by atoms with Crippen LogP contribution in [0.15, 0.2) is 18.2 Å². The summed E-state index contributed by atoms with van der Waals surface area (Å²) in [4.78, 5) is 47.3. The Morgan fingerprint density at radius 2 is 1.50 bits per heavy atom. The third-order valence-corrected chi connectivity index (χ3v) is 4.75. The molecule has 1 amide bonds. The van der Waals surface area contributed by atoms with E-state index in [1.54, 1.807) is 27.7 Å². The molecule has 2 N–H and O–H groups in total. The number of ether oxygens (including phenoxy) is 6. The van der Waals surface area contributed by atoms with Crippen molar-refractivity contribution >= 4 is 29.7 Å². The van der Waals surface area contributed by atoms with Gasteiger partial charge in [0, 0.05) is 32.0 Å². The lowest BCUT2D eigenvalue weighted by atomic mass is 9.98. The number of hydrogen-bond donors (Lipinski definition) is 2. The van der Waals surface area contributed by atoms with E-state index < -0.39 is 66.9 Å². The average molecular weight is 512 g/mol. The molecule has 36 heavy (non-hydrogen) atoms. The number of nitrogens with one attached hydrogen (secondary N) is 1. The van der Waals surface area contributed by atoms with Gasteiger partial charge in [-0.05, 0) is 45.9 Å². The second-order valence-electron chi connectivity index (χ2n) is 9.16. The van der Waals surface area contributed by atoms with Crippen molar-refractivity contribution in [2.75, 3.05) is 5.32 Å². The fraction of sp³-hybridized carbons (Fsp3) is 0.583. The molecule has 1 aromatic carbocycles. The normalized spacial score (nSPS) is 23.7. The monoisotopic (exact) mass is 511 g/mol. The van der Waals surface area contributed by atoms with Crippen molar-refractivity contribution in [3.05, 3.63) is 23.8 Å². The van der Waals surface area contributed by atoms with E-state index in [0.717, 1.165) is 13.8 Å². The summed E-state index contributed by atoms with van der Waals surface area (Å²) in [5.74, 6) is -1.92. The first kappa shape index (κ1) is 28.9. The van der Waals surface area contributed by atoms with Crippen LogP contribution in [-0.2, 0) is 44.7 Å². The number of aliphatic hydroxyl groups is 1. The van der Waals surface area contributed by atoms with Crippen LogP contribution in [0.3, 0.4) is 0 Å². The molecule has 12 heteroatoms. The van der Waals surface area contributed by atoms with Gasteiger partial charge in [-0.2, -0.15) is 0 Å². The molecule has 1 aromatic rings. The molecule has 0 bridgehead atoms. The van der Waals surface area contributed by atoms with E-state index in [1.807, 2.05) is 0 Å². The molecule has 2 rings (SSSR count). The summed E-state index contributed by atoms with van der Waals surface area (Å²) in [6.45, 7) is 9.77. The lowest BCUT2D eigenvalue weighted by Gasteiger charge is -2.43. The quantitative estimate of drug-likeness (QED) is 0.409. The van der Waals surface area contributed by atoms with Gasteiger partial charge in [0.05, 0.1) is 12.7 Å². The smallest absolute Gasteiger partial charge is 0.412 e. The lowest BCUT2D eigenvalue weighted by Crippen LogP contribution is -2.62. The van der Waals surface area contributed by atoms with E-state index in [2.05, 4.69) is 5.32 Å². The first-order chi connectivity index (χ1) is 16.7. The van der Waals surface area contributed by atoms with E-state index in [1.165, 1.54) is 25.1 Å². The maximum atomic E-state index is 12.1. The molecule has 200 valence electrons. The van der Waals surface area contributed by atoms with E-state index in [-0.39, 0.29) is 11.3 Å². The van der Waals surface area contributed by atoms with Crippen molar-refractivity contribution < 1.29 is 52.7 Å². The molecule has 1 fully saturated rings. The van der Waals surface area contributed by atoms with Crippen molar-refractivity contribution in [3.63, 3.8) is 0 Å². The Bertz CT molecular complexity index is 971. The van der Waals surface area contributed by atoms with Crippen LogP contribution in [0.4, 0.5) is 10.5 Å². The molecule has 1 aliphatic rings. The highest BCUT2D eigenvalue weighted by Crippen LogP contribution is 2.32. The topological polar surface area (TPSA) is 156 Å². The second kappa shape index (κ2) is 12.0. The predicted octanol–water partition coefficient (Wildman–Crippen LogP) is 2.44. The van der Waals surface area contributed by atoms with Gasteiger partial charge in [0.25, 0.3) is 0 Å². The maximum absolute atomic E-state index is 12.1. The average Bonchev–Trinajstić information content (AvgIpc) is 2.72. The molecule has 0 aliphatic carbocycles. The third kappa shape index (κ3) is 8.38. The molecular formula is C24H33NO11. The van der Waals surface area contributed by atoms with Crippen LogP contribution in [-0.4, -0.2) is 65.4 Å². The summed E-state index contributed by atoms with van der Waals surface area (Å²) in [5.41, 5.74) is -0.0915. The maximum Gasteiger partial charge on any atom is 0.412 e. The van der Waals surface area contributed by atoms with Crippen molar-refractivity contribution in [1.29, 1.82) is 0 Å².